The van der Waals surface area contributed by atoms with Crippen LogP contribution >= 0.6 is 0 Å². The predicted molar refractivity (Wildman–Crippen MR) is 96.9 cm³/mol. The van der Waals surface area contributed by atoms with Crippen molar-refractivity contribution in [2.75, 3.05) is 38.7 Å². The van der Waals surface area contributed by atoms with E-state index in [0.29, 0.717) is 0 Å². The van der Waals surface area contributed by atoms with E-state index >= 15 is 0 Å². The van der Waals surface area contributed by atoms with Crippen LogP contribution in [-0.4, -0.2) is 49.2 Å². The van der Waals surface area contributed by atoms with Gasteiger partial charge in [-0.3, -0.25) is 10.3 Å². The Morgan fingerprint density at radius 1 is 0.957 bits per heavy atom. The summed E-state index contributed by atoms with van der Waals surface area (Å²) in [7, 11) is 2.19. The number of rotatable bonds is 5. The largest absolute Gasteiger partial charge is 0.304 e. The van der Waals surface area contributed by atoms with Gasteiger partial charge in [-0.15, -0.1) is 0 Å². The zero-order valence-electron chi connectivity index (χ0n) is 13.7. The topological polar surface area (TPSA) is 30.9 Å². The molecule has 4 nitrogen and oxygen atoms in total. The monoisotopic (exact) mass is 308 g/mol. The summed E-state index contributed by atoms with van der Waals surface area (Å²) >= 11 is 0. The fraction of sp³-hybridized carbons (Fsp3) is 0.316. The molecule has 0 aromatic heterocycles. The van der Waals surface area contributed by atoms with E-state index in [1.807, 2.05) is 36.5 Å². The minimum absolute atomic E-state index is 0.987. The molecule has 0 atom stereocenters. The first-order chi connectivity index (χ1) is 11.3. The number of likely N-dealkylation sites (N-methyl/N-ethyl adjacent to an activating group) is 1. The summed E-state index contributed by atoms with van der Waals surface area (Å²) < 4.78 is 0. The summed E-state index contributed by atoms with van der Waals surface area (Å²) in [6, 6.07) is 18.5. The van der Waals surface area contributed by atoms with E-state index in [-0.39, 0.29) is 0 Å². The van der Waals surface area contributed by atoms with E-state index in [1.54, 1.807) is 0 Å². The van der Waals surface area contributed by atoms with Crippen LogP contribution in [0.3, 0.4) is 0 Å². The molecule has 0 aliphatic carbocycles. The van der Waals surface area contributed by atoms with Crippen LogP contribution in [0.25, 0.3) is 0 Å². The van der Waals surface area contributed by atoms with Crippen molar-refractivity contribution in [2.24, 2.45) is 5.10 Å². The lowest BCUT2D eigenvalue weighted by molar-refractivity contribution is 0.148. The molecule has 1 aliphatic heterocycles. The van der Waals surface area contributed by atoms with Crippen molar-refractivity contribution >= 4 is 11.9 Å². The molecule has 120 valence electrons. The van der Waals surface area contributed by atoms with Gasteiger partial charge in [-0.2, -0.15) is 5.10 Å². The number of para-hydroxylation sites is 1. The first-order valence-corrected chi connectivity index (χ1v) is 8.14. The number of benzene rings is 2. The Bertz CT molecular complexity index is 631. The van der Waals surface area contributed by atoms with Crippen LogP contribution < -0.4 is 5.43 Å². The molecule has 2 aromatic rings. The number of hydrazone groups is 1. The highest BCUT2D eigenvalue weighted by atomic mass is 15.3. The number of piperazine rings is 1. The van der Waals surface area contributed by atoms with E-state index in [9.17, 15) is 0 Å². The zero-order valence-corrected chi connectivity index (χ0v) is 13.7. The summed E-state index contributed by atoms with van der Waals surface area (Å²) in [5.41, 5.74) is 6.58. The second-order valence-electron chi connectivity index (χ2n) is 6.01. The Kier molecular flexibility index (Phi) is 5.40. The highest BCUT2D eigenvalue weighted by Crippen LogP contribution is 2.12. The molecule has 23 heavy (non-hydrogen) atoms. The van der Waals surface area contributed by atoms with Gasteiger partial charge in [0.1, 0.15) is 0 Å². The van der Waals surface area contributed by atoms with Gasteiger partial charge < -0.3 is 4.90 Å². The van der Waals surface area contributed by atoms with Gasteiger partial charge in [-0.1, -0.05) is 42.5 Å². The Hall–Kier alpha value is -2.17. The van der Waals surface area contributed by atoms with Crippen molar-refractivity contribution in [3.05, 3.63) is 65.7 Å². The molecule has 0 unspecified atom stereocenters. The molecule has 4 heteroatoms. The summed E-state index contributed by atoms with van der Waals surface area (Å²) in [5.74, 6) is 0. The molecule has 1 fully saturated rings. The van der Waals surface area contributed by atoms with Gasteiger partial charge in [0.2, 0.25) is 0 Å². The highest BCUT2D eigenvalue weighted by molar-refractivity contribution is 5.82. The second kappa shape index (κ2) is 7.90. The van der Waals surface area contributed by atoms with Gasteiger partial charge in [-0.05, 0) is 30.3 Å². The van der Waals surface area contributed by atoms with E-state index in [2.05, 4.69) is 51.6 Å². The van der Waals surface area contributed by atoms with Gasteiger partial charge in [-0.25, -0.2) is 0 Å². The normalized spacial score (nSPS) is 16.7. The lowest BCUT2D eigenvalue weighted by atomic mass is 10.1. The van der Waals surface area contributed by atoms with Crippen molar-refractivity contribution in [1.29, 1.82) is 0 Å². The molecular formula is C19H24N4. The third-order valence-electron chi connectivity index (χ3n) is 4.22. The van der Waals surface area contributed by atoms with Crippen LogP contribution in [-0.2, 0) is 6.54 Å². The molecule has 0 spiro atoms. The Morgan fingerprint density at radius 3 is 2.43 bits per heavy atom. The van der Waals surface area contributed by atoms with Gasteiger partial charge >= 0.3 is 0 Å². The standard InChI is InChI=1S/C19H24N4/c1-22-11-13-23(14-12-22)16-18-8-6-5-7-17(18)15-20-21-19-9-3-2-4-10-19/h2-10,15,21H,11-14,16H2,1H3. The average Bonchev–Trinajstić information content (AvgIpc) is 2.59. The molecule has 0 radical (unpaired) electrons. The van der Waals surface area contributed by atoms with Crippen molar-refractivity contribution in [1.82, 2.24) is 9.80 Å². The van der Waals surface area contributed by atoms with Crippen LogP contribution in [0, 0.1) is 0 Å². The summed E-state index contributed by atoms with van der Waals surface area (Å²) in [4.78, 5) is 4.89. The minimum atomic E-state index is 0.987. The molecule has 1 heterocycles. The maximum atomic E-state index is 4.38. The van der Waals surface area contributed by atoms with Gasteiger partial charge in [0.05, 0.1) is 11.9 Å². The van der Waals surface area contributed by atoms with E-state index in [4.69, 9.17) is 0 Å². The predicted octanol–water partition coefficient (Wildman–Crippen LogP) is 2.88. The maximum absolute atomic E-state index is 4.38. The number of nitrogens with zero attached hydrogens (tertiary/aromatic N) is 3. The smallest absolute Gasteiger partial charge is 0.0561 e. The summed E-state index contributed by atoms with van der Waals surface area (Å²) in [6.45, 7) is 5.54. The quantitative estimate of drug-likeness (QED) is 0.680. The zero-order chi connectivity index (χ0) is 15.9. The lowest BCUT2D eigenvalue weighted by Gasteiger charge is -2.32. The SMILES string of the molecule is CN1CCN(Cc2ccccc2C=NNc2ccccc2)CC1. The fourth-order valence-electron chi connectivity index (χ4n) is 2.74. The van der Waals surface area contributed by atoms with E-state index in [0.717, 1.165) is 38.4 Å². The molecule has 0 bridgehead atoms. The minimum Gasteiger partial charge on any atom is -0.304 e. The fourth-order valence-corrected chi connectivity index (χ4v) is 2.74. The molecule has 0 amide bonds. The Morgan fingerprint density at radius 2 is 1.65 bits per heavy atom. The average molecular weight is 308 g/mol. The number of hydrogen-bond acceptors (Lipinski definition) is 4. The first-order valence-electron chi connectivity index (χ1n) is 8.14. The van der Waals surface area contributed by atoms with Gasteiger partial charge in [0.25, 0.3) is 0 Å². The van der Waals surface area contributed by atoms with Crippen molar-refractivity contribution in [2.45, 2.75) is 6.54 Å². The number of anilines is 1. The lowest BCUT2D eigenvalue weighted by Crippen LogP contribution is -2.44. The molecule has 1 N–H and O–H groups in total. The molecule has 1 aliphatic rings. The van der Waals surface area contributed by atoms with Crippen LogP contribution in [0.5, 0.6) is 0 Å². The maximum Gasteiger partial charge on any atom is 0.0561 e. The van der Waals surface area contributed by atoms with Crippen molar-refractivity contribution in [3.8, 4) is 0 Å². The highest BCUT2D eigenvalue weighted by Gasteiger charge is 2.14. The van der Waals surface area contributed by atoms with Crippen LogP contribution in [0.4, 0.5) is 5.69 Å². The van der Waals surface area contributed by atoms with Crippen molar-refractivity contribution < 1.29 is 0 Å². The Balaban J connectivity index is 1.63. The van der Waals surface area contributed by atoms with Crippen LogP contribution in [0.15, 0.2) is 59.7 Å². The van der Waals surface area contributed by atoms with Crippen LogP contribution in [0.1, 0.15) is 11.1 Å². The second-order valence-corrected chi connectivity index (χ2v) is 6.01. The number of nitrogens with one attached hydrogen (secondary N) is 1. The third-order valence-corrected chi connectivity index (χ3v) is 4.22. The Labute approximate surface area is 138 Å². The summed E-state index contributed by atoms with van der Waals surface area (Å²) in [5, 5.41) is 4.38. The van der Waals surface area contributed by atoms with Gasteiger partial charge in [0.15, 0.2) is 0 Å². The summed E-state index contributed by atoms with van der Waals surface area (Å²) in [6.07, 6.45) is 1.92. The van der Waals surface area contributed by atoms with E-state index in [1.165, 1.54) is 11.1 Å². The molecule has 3 rings (SSSR count). The third kappa shape index (κ3) is 4.65. The van der Waals surface area contributed by atoms with Crippen molar-refractivity contribution in [3.63, 3.8) is 0 Å². The van der Waals surface area contributed by atoms with E-state index < -0.39 is 0 Å². The molecule has 2 aromatic carbocycles. The number of hydrogen-bond donors (Lipinski definition) is 1. The van der Waals surface area contributed by atoms with Gasteiger partial charge in [0, 0.05) is 32.7 Å². The van der Waals surface area contributed by atoms with Crippen LogP contribution in [0.2, 0.25) is 0 Å². The first kappa shape index (κ1) is 15.7. The molecular weight excluding hydrogens is 284 g/mol. The molecule has 0 saturated carbocycles. The molecule has 1 saturated heterocycles.